The number of methoxy groups -OCH3 is 1. The molecule has 2 N–H and O–H groups in total. The largest absolute Gasteiger partial charge is 0.497 e. The minimum absolute atomic E-state index is 0.117. The van der Waals surface area contributed by atoms with E-state index in [1.165, 1.54) is 0 Å². The number of carboxylic acid groups (broad SMARTS) is 1. The lowest BCUT2D eigenvalue weighted by molar-refractivity contribution is -0.141. The van der Waals surface area contributed by atoms with Gasteiger partial charge in [-0.2, -0.15) is 0 Å². The van der Waals surface area contributed by atoms with Crippen LogP contribution in [-0.2, 0) is 4.79 Å². The number of aliphatic carboxylic acids is 1. The first-order valence-corrected chi connectivity index (χ1v) is 5.72. The Morgan fingerprint density at radius 2 is 2.29 bits per heavy atom. The Bertz CT molecular complexity index is 431. The molecular formula is C13H17NO3. The fraction of sp³-hybridized carbons (Fsp3) is 0.462. The molecule has 17 heavy (non-hydrogen) atoms. The molecule has 4 heteroatoms. The van der Waals surface area contributed by atoms with Gasteiger partial charge < -0.3 is 15.2 Å². The predicted octanol–water partition coefficient (Wildman–Crippen LogP) is 1.74. The van der Waals surface area contributed by atoms with Crippen LogP contribution in [0.2, 0.25) is 0 Å². The molecule has 1 aromatic carbocycles. The van der Waals surface area contributed by atoms with Gasteiger partial charge in [-0.1, -0.05) is 6.07 Å². The van der Waals surface area contributed by atoms with Crippen molar-refractivity contribution in [1.29, 1.82) is 0 Å². The van der Waals surface area contributed by atoms with Crippen molar-refractivity contribution in [3.05, 3.63) is 29.3 Å². The Balaban J connectivity index is 2.20. The van der Waals surface area contributed by atoms with Crippen molar-refractivity contribution in [2.24, 2.45) is 5.92 Å². The second kappa shape index (κ2) is 4.75. The van der Waals surface area contributed by atoms with Gasteiger partial charge >= 0.3 is 5.97 Å². The van der Waals surface area contributed by atoms with Crippen molar-refractivity contribution in [3.8, 4) is 5.75 Å². The zero-order valence-corrected chi connectivity index (χ0v) is 10.1. The summed E-state index contributed by atoms with van der Waals surface area (Å²) in [6.45, 7) is 2.57. The number of ether oxygens (including phenoxy) is 1. The van der Waals surface area contributed by atoms with Crippen molar-refractivity contribution in [3.63, 3.8) is 0 Å². The third-order valence-corrected chi connectivity index (χ3v) is 3.34. The van der Waals surface area contributed by atoms with Crippen LogP contribution < -0.4 is 10.1 Å². The van der Waals surface area contributed by atoms with E-state index in [4.69, 9.17) is 9.84 Å². The Kier molecular flexibility index (Phi) is 3.33. The molecular weight excluding hydrogens is 218 g/mol. The van der Waals surface area contributed by atoms with Crippen LogP contribution in [0.5, 0.6) is 5.75 Å². The third kappa shape index (κ3) is 2.42. The zero-order chi connectivity index (χ0) is 12.4. The predicted molar refractivity (Wildman–Crippen MR) is 64.2 cm³/mol. The highest BCUT2D eigenvalue weighted by atomic mass is 16.5. The third-order valence-electron chi connectivity index (χ3n) is 3.34. The lowest BCUT2D eigenvalue weighted by Crippen LogP contribution is -2.17. The van der Waals surface area contributed by atoms with Crippen LogP contribution in [0.1, 0.15) is 23.6 Å². The maximum Gasteiger partial charge on any atom is 0.307 e. The summed E-state index contributed by atoms with van der Waals surface area (Å²) in [6, 6.07) is 6.02. The monoisotopic (exact) mass is 235 g/mol. The first-order chi connectivity index (χ1) is 8.11. The lowest BCUT2D eigenvalue weighted by Gasteiger charge is -2.15. The molecule has 0 aliphatic carbocycles. The fourth-order valence-corrected chi connectivity index (χ4v) is 2.28. The Labute approximate surface area is 101 Å². The second-order valence-corrected chi connectivity index (χ2v) is 4.45. The summed E-state index contributed by atoms with van der Waals surface area (Å²) in [7, 11) is 1.64. The Hall–Kier alpha value is -1.55. The van der Waals surface area contributed by atoms with E-state index in [9.17, 15) is 4.79 Å². The fourth-order valence-electron chi connectivity index (χ4n) is 2.28. The molecule has 0 saturated carbocycles. The number of carbonyl (C=O) groups is 1. The molecule has 1 fully saturated rings. The number of carboxylic acids is 1. The molecule has 1 aromatic rings. The maximum absolute atomic E-state index is 10.9. The summed E-state index contributed by atoms with van der Waals surface area (Å²) in [5.41, 5.74) is 2.29. The van der Waals surface area contributed by atoms with Crippen molar-refractivity contribution in [2.75, 3.05) is 13.7 Å². The van der Waals surface area contributed by atoms with Gasteiger partial charge in [-0.25, -0.2) is 0 Å². The Morgan fingerprint density at radius 1 is 1.53 bits per heavy atom. The van der Waals surface area contributed by atoms with Crippen LogP contribution in [0.4, 0.5) is 0 Å². The molecule has 1 aliphatic heterocycles. The number of aryl methyl sites for hydroxylation is 1. The van der Waals surface area contributed by atoms with E-state index in [0.717, 1.165) is 16.9 Å². The SMILES string of the molecule is COc1ccc(C)c(C2CC(C(=O)O)CN2)c1. The van der Waals surface area contributed by atoms with Gasteiger partial charge in [-0.3, -0.25) is 4.79 Å². The first-order valence-electron chi connectivity index (χ1n) is 5.72. The van der Waals surface area contributed by atoms with E-state index in [1.54, 1.807) is 7.11 Å². The van der Waals surface area contributed by atoms with E-state index in [2.05, 4.69) is 5.32 Å². The molecule has 0 spiro atoms. The summed E-state index contributed by atoms with van der Waals surface area (Å²) in [5, 5.41) is 12.2. The number of rotatable bonds is 3. The van der Waals surface area contributed by atoms with E-state index in [0.29, 0.717) is 13.0 Å². The molecule has 2 atom stereocenters. The molecule has 1 aliphatic rings. The number of benzene rings is 1. The number of hydrogen-bond donors (Lipinski definition) is 2. The van der Waals surface area contributed by atoms with Gasteiger partial charge in [0.2, 0.25) is 0 Å². The van der Waals surface area contributed by atoms with Gasteiger partial charge in [0.1, 0.15) is 5.75 Å². The van der Waals surface area contributed by atoms with Crippen molar-refractivity contribution in [2.45, 2.75) is 19.4 Å². The van der Waals surface area contributed by atoms with Crippen molar-refractivity contribution < 1.29 is 14.6 Å². The summed E-state index contributed by atoms with van der Waals surface area (Å²) in [6.07, 6.45) is 0.642. The molecule has 92 valence electrons. The minimum Gasteiger partial charge on any atom is -0.497 e. The summed E-state index contributed by atoms with van der Waals surface area (Å²) in [4.78, 5) is 10.9. The van der Waals surface area contributed by atoms with Crippen LogP contribution in [0, 0.1) is 12.8 Å². The van der Waals surface area contributed by atoms with Gasteiger partial charge in [0, 0.05) is 12.6 Å². The topological polar surface area (TPSA) is 58.6 Å². The molecule has 0 radical (unpaired) electrons. The number of hydrogen-bond acceptors (Lipinski definition) is 3. The van der Waals surface area contributed by atoms with Crippen molar-refractivity contribution >= 4 is 5.97 Å². The smallest absolute Gasteiger partial charge is 0.307 e. The summed E-state index contributed by atoms with van der Waals surface area (Å²) in [5.74, 6) is -0.197. The highest BCUT2D eigenvalue weighted by molar-refractivity contribution is 5.70. The van der Waals surface area contributed by atoms with Crippen LogP contribution in [0.15, 0.2) is 18.2 Å². The normalized spacial score (nSPS) is 23.6. The highest BCUT2D eigenvalue weighted by Crippen LogP contribution is 2.31. The molecule has 0 amide bonds. The van der Waals surface area contributed by atoms with Gasteiger partial charge in [0.15, 0.2) is 0 Å². The quantitative estimate of drug-likeness (QED) is 0.837. The average Bonchev–Trinajstić information content (AvgIpc) is 2.79. The Morgan fingerprint density at radius 3 is 2.88 bits per heavy atom. The van der Waals surface area contributed by atoms with Crippen LogP contribution in [0.3, 0.4) is 0 Å². The van der Waals surface area contributed by atoms with E-state index >= 15 is 0 Å². The van der Waals surface area contributed by atoms with Gasteiger partial charge in [-0.05, 0) is 36.6 Å². The standard InChI is InChI=1S/C13H17NO3/c1-8-3-4-10(17-2)6-11(8)12-5-9(7-14-12)13(15)16/h3-4,6,9,12,14H,5,7H2,1-2H3,(H,15,16). The maximum atomic E-state index is 10.9. The second-order valence-electron chi connectivity index (χ2n) is 4.45. The van der Waals surface area contributed by atoms with Gasteiger partial charge in [0.25, 0.3) is 0 Å². The molecule has 1 saturated heterocycles. The molecule has 0 bridgehead atoms. The van der Waals surface area contributed by atoms with Crippen molar-refractivity contribution in [1.82, 2.24) is 5.32 Å². The lowest BCUT2D eigenvalue weighted by atomic mass is 9.96. The molecule has 2 rings (SSSR count). The average molecular weight is 235 g/mol. The molecule has 1 heterocycles. The zero-order valence-electron chi connectivity index (χ0n) is 10.1. The molecule has 4 nitrogen and oxygen atoms in total. The first kappa shape index (κ1) is 11.9. The summed E-state index contributed by atoms with van der Waals surface area (Å²) < 4.78 is 5.20. The van der Waals surface area contributed by atoms with Gasteiger partial charge in [0.05, 0.1) is 13.0 Å². The van der Waals surface area contributed by atoms with Crippen LogP contribution in [0.25, 0.3) is 0 Å². The van der Waals surface area contributed by atoms with Gasteiger partial charge in [-0.15, -0.1) is 0 Å². The molecule has 0 aromatic heterocycles. The molecule has 2 unspecified atom stereocenters. The van der Waals surface area contributed by atoms with E-state index < -0.39 is 5.97 Å². The van der Waals surface area contributed by atoms with Crippen LogP contribution >= 0.6 is 0 Å². The highest BCUT2D eigenvalue weighted by Gasteiger charge is 2.30. The van der Waals surface area contributed by atoms with E-state index in [1.807, 2.05) is 25.1 Å². The number of nitrogens with one attached hydrogen (secondary N) is 1. The van der Waals surface area contributed by atoms with E-state index in [-0.39, 0.29) is 12.0 Å². The summed E-state index contributed by atoms with van der Waals surface area (Å²) >= 11 is 0. The minimum atomic E-state index is -0.722. The van der Waals surface area contributed by atoms with Crippen LogP contribution in [-0.4, -0.2) is 24.7 Å².